The fourth-order valence-corrected chi connectivity index (χ4v) is 1.06. The van der Waals surface area contributed by atoms with E-state index < -0.39 is 28.1 Å². The van der Waals surface area contributed by atoms with Crippen LogP contribution < -0.4 is 29.6 Å². The van der Waals surface area contributed by atoms with Crippen molar-refractivity contribution in [1.29, 1.82) is 0 Å². The molecule has 0 N–H and O–H groups in total. The van der Waals surface area contributed by atoms with E-state index in [1.54, 1.807) is 0 Å². The van der Waals surface area contributed by atoms with E-state index in [1.165, 1.54) is 0 Å². The molecule has 0 unspecified atom stereocenters. The van der Waals surface area contributed by atoms with Crippen molar-refractivity contribution in [3.63, 3.8) is 0 Å². The largest absolute Gasteiger partial charge is 1.00 e. The van der Waals surface area contributed by atoms with Gasteiger partial charge in [-0.15, -0.1) is 8.42 Å². The van der Waals surface area contributed by atoms with E-state index in [4.69, 9.17) is 0 Å². The van der Waals surface area contributed by atoms with Crippen LogP contribution in [0, 0.1) is 0 Å². The molecule has 0 aliphatic carbocycles. The zero-order valence-electron chi connectivity index (χ0n) is 8.01. The summed E-state index contributed by atoms with van der Waals surface area (Å²) in [5.74, 6) is -2.61. The molecule has 0 aliphatic heterocycles. The normalized spacial score (nSPS) is 9.69. The van der Waals surface area contributed by atoms with E-state index in [-0.39, 0.29) is 31.0 Å². The molecule has 0 saturated carbocycles. The van der Waals surface area contributed by atoms with Gasteiger partial charge in [0, 0.05) is 6.92 Å². The third-order valence-corrected chi connectivity index (χ3v) is 1.63. The Hall–Kier alpha value is 0.240. The molecule has 0 amide bonds. The third-order valence-electron chi connectivity index (χ3n) is 0.544. The van der Waals surface area contributed by atoms with Crippen molar-refractivity contribution >= 4 is 35.0 Å². The average molecular weight is 238 g/mol. The number of carbonyl (C=O) groups excluding carboxylic acids is 2. The van der Waals surface area contributed by atoms with Gasteiger partial charge in [-0.2, -0.15) is 12.6 Å². The number of rotatable bonds is 3. The molecule has 9 heteroatoms. The zero-order chi connectivity index (χ0) is 9.78. The summed E-state index contributed by atoms with van der Waals surface area (Å²) in [6, 6.07) is 0. The second-order valence-corrected chi connectivity index (χ2v) is 3.06. The van der Waals surface area contributed by atoms with Gasteiger partial charge in [0.2, 0.25) is 0 Å². The Morgan fingerprint density at radius 2 is 1.85 bits per heavy atom. The summed E-state index contributed by atoms with van der Waals surface area (Å²) in [6.45, 7) is 0.867. The van der Waals surface area contributed by atoms with Gasteiger partial charge in [0.25, 0.3) is 0 Å². The van der Waals surface area contributed by atoms with Crippen molar-refractivity contribution in [3.05, 3.63) is 0 Å². The van der Waals surface area contributed by atoms with Crippen LogP contribution in [0.3, 0.4) is 0 Å². The zero-order valence-corrected chi connectivity index (χ0v) is 10.7. The summed E-state index contributed by atoms with van der Waals surface area (Å²) in [6.07, 6.45) is 0. The number of hydrogen-bond acceptors (Lipinski definition) is 7. The standard InChI is InChI=1S/C4H6O6S2.Na.H/c1-3(5)9-12(7,8)10-4(6)2-11;;/h11H,2H2,1H3;;/q;+1;-1. The van der Waals surface area contributed by atoms with Crippen LogP contribution in [0.15, 0.2) is 0 Å². The Morgan fingerprint density at radius 3 is 2.15 bits per heavy atom. The molecule has 0 radical (unpaired) electrons. The van der Waals surface area contributed by atoms with E-state index in [0.29, 0.717) is 0 Å². The van der Waals surface area contributed by atoms with Gasteiger partial charge in [0.1, 0.15) is 0 Å². The summed E-state index contributed by atoms with van der Waals surface area (Å²) < 4.78 is 28.4. The van der Waals surface area contributed by atoms with Crippen molar-refractivity contribution in [2.75, 3.05) is 5.75 Å². The first-order valence-corrected chi connectivity index (χ1v) is 4.62. The first-order chi connectivity index (χ1) is 5.37. The van der Waals surface area contributed by atoms with Gasteiger partial charge in [-0.05, 0) is 0 Å². The second-order valence-electron chi connectivity index (χ2n) is 1.60. The maximum absolute atomic E-state index is 10.5. The third kappa shape index (κ3) is 8.57. The van der Waals surface area contributed by atoms with Crippen LogP contribution in [0.2, 0.25) is 0 Å². The molecule has 13 heavy (non-hydrogen) atoms. The maximum Gasteiger partial charge on any atom is 1.00 e. The Balaban J connectivity index is -0.000000605. The van der Waals surface area contributed by atoms with Crippen LogP contribution in [0.25, 0.3) is 0 Å². The summed E-state index contributed by atoms with van der Waals surface area (Å²) in [5, 5.41) is 0. The van der Waals surface area contributed by atoms with Crippen LogP contribution in [-0.4, -0.2) is 26.1 Å². The molecule has 72 valence electrons. The van der Waals surface area contributed by atoms with Crippen LogP contribution in [0.1, 0.15) is 8.35 Å². The SMILES string of the molecule is CC(=O)OS(=O)(=O)OC(=O)CS.[H-].[Na+]. The molecule has 0 spiro atoms. The maximum atomic E-state index is 10.5. The Kier molecular flexibility index (Phi) is 8.04. The Labute approximate surface area is 104 Å². The molecule has 0 saturated heterocycles. The molecule has 6 nitrogen and oxygen atoms in total. The molecular weight excluding hydrogens is 231 g/mol. The van der Waals surface area contributed by atoms with E-state index in [1.807, 2.05) is 0 Å². The van der Waals surface area contributed by atoms with Crippen LogP contribution in [0.5, 0.6) is 0 Å². The van der Waals surface area contributed by atoms with Gasteiger partial charge in [-0.25, -0.2) is 4.79 Å². The van der Waals surface area contributed by atoms with Gasteiger partial charge >= 0.3 is 51.9 Å². The number of thiol groups is 1. The van der Waals surface area contributed by atoms with E-state index in [9.17, 15) is 18.0 Å². The number of carbonyl (C=O) groups is 2. The molecule has 0 rings (SSSR count). The van der Waals surface area contributed by atoms with Crippen LogP contribution in [-0.2, 0) is 28.4 Å². The summed E-state index contributed by atoms with van der Waals surface area (Å²) in [7, 11) is -4.54. The molecule has 0 aromatic rings. The Morgan fingerprint density at radius 1 is 1.38 bits per heavy atom. The molecule has 0 aromatic carbocycles. The quantitative estimate of drug-likeness (QED) is 0.403. The first-order valence-electron chi connectivity index (χ1n) is 2.65. The van der Waals surface area contributed by atoms with Crippen molar-refractivity contribution in [2.24, 2.45) is 0 Å². The minimum absolute atomic E-state index is 0. The van der Waals surface area contributed by atoms with Gasteiger partial charge in [-0.3, -0.25) is 4.79 Å². The van der Waals surface area contributed by atoms with E-state index in [0.717, 1.165) is 6.92 Å². The molecule has 0 heterocycles. The minimum Gasteiger partial charge on any atom is -1.00 e. The summed E-state index contributed by atoms with van der Waals surface area (Å²) >= 11 is 3.44. The average Bonchev–Trinajstić information content (AvgIpc) is 1.83. The fourth-order valence-electron chi connectivity index (χ4n) is 0.301. The van der Waals surface area contributed by atoms with Crippen molar-refractivity contribution in [1.82, 2.24) is 0 Å². The van der Waals surface area contributed by atoms with Crippen molar-refractivity contribution in [3.8, 4) is 0 Å². The van der Waals surface area contributed by atoms with Crippen molar-refractivity contribution in [2.45, 2.75) is 6.92 Å². The molecule has 0 fully saturated rings. The molecule has 0 aromatic heterocycles. The fraction of sp³-hybridized carbons (Fsp3) is 0.500. The van der Waals surface area contributed by atoms with E-state index in [2.05, 4.69) is 21.0 Å². The first kappa shape index (κ1) is 15.7. The smallest absolute Gasteiger partial charge is 1.00 e. The van der Waals surface area contributed by atoms with Crippen LogP contribution in [0.4, 0.5) is 0 Å². The molecule has 0 bridgehead atoms. The van der Waals surface area contributed by atoms with Gasteiger partial charge in [0.05, 0.1) is 5.75 Å². The van der Waals surface area contributed by atoms with Gasteiger partial charge in [-0.1, -0.05) is 0 Å². The summed E-state index contributed by atoms with van der Waals surface area (Å²) in [4.78, 5) is 20.5. The monoisotopic (exact) mass is 238 g/mol. The molecular formula is C4H7NaO6S2. The Bertz CT molecular complexity index is 288. The van der Waals surface area contributed by atoms with Crippen molar-refractivity contribution < 1.29 is 57.4 Å². The van der Waals surface area contributed by atoms with Crippen LogP contribution >= 0.6 is 12.6 Å². The molecule has 0 atom stereocenters. The predicted molar refractivity (Wildman–Crippen MR) is 41.7 cm³/mol. The summed E-state index contributed by atoms with van der Waals surface area (Å²) in [5.41, 5.74) is 0. The van der Waals surface area contributed by atoms with E-state index >= 15 is 0 Å². The predicted octanol–water partition coefficient (Wildman–Crippen LogP) is -3.62. The molecule has 0 aliphatic rings. The van der Waals surface area contributed by atoms with Gasteiger partial charge in [0.15, 0.2) is 0 Å². The minimum atomic E-state index is -4.54. The van der Waals surface area contributed by atoms with Gasteiger partial charge < -0.3 is 9.79 Å². The second kappa shape index (κ2) is 6.66. The number of hydrogen-bond donors (Lipinski definition) is 1. The topological polar surface area (TPSA) is 86.7 Å².